The van der Waals surface area contributed by atoms with E-state index in [0.29, 0.717) is 6.42 Å². The lowest BCUT2D eigenvalue weighted by Crippen LogP contribution is -2.46. The molecule has 27 heavy (non-hydrogen) atoms. The number of hydrogen-bond acceptors (Lipinski definition) is 2. The molecule has 1 heterocycles. The number of hydrogen-bond donors (Lipinski definition) is 0. The van der Waals surface area contributed by atoms with Crippen LogP contribution in [0.3, 0.4) is 0 Å². The van der Waals surface area contributed by atoms with Crippen LogP contribution >= 0.6 is 0 Å². The number of rotatable bonds is 5. The van der Waals surface area contributed by atoms with Crippen LogP contribution in [0.4, 0.5) is 0 Å². The predicted octanol–water partition coefficient (Wildman–Crippen LogP) is 5.37. The van der Waals surface area contributed by atoms with Gasteiger partial charge in [-0.05, 0) is 29.0 Å². The number of benzene rings is 3. The van der Waals surface area contributed by atoms with Crippen LogP contribution in [0.25, 0.3) is 0 Å². The molecular weight excluding hydrogens is 328 g/mol. The van der Waals surface area contributed by atoms with E-state index in [0.717, 1.165) is 19.5 Å². The van der Waals surface area contributed by atoms with Crippen LogP contribution < -0.4 is 0 Å². The second kappa shape index (κ2) is 7.78. The van der Waals surface area contributed by atoms with Gasteiger partial charge in [-0.2, -0.15) is 5.26 Å². The summed E-state index contributed by atoms with van der Waals surface area (Å²) >= 11 is 0. The van der Waals surface area contributed by atoms with E-state index in [2.05, 4.69) is 102 Å². The first kappa shape index (κ1) is 17.5. The molecule has 1 saturated heterocycles. The van der Waals surface area contributed by atoms with Crippen LogP contribution in [0.1, 0.15) is 29.5 Å². The summed E-state index contributed by atoms with van der Waals surface area (Å²) in [7, 11) is 0. The molecule has 0 radical (unpaired) electrons. The van der Waals surface area contributed by atoms with Gasteiger partial charge in [0.15, 0.2) is 0 Å². The SMILES string of the molecule is N#CCC1CCN(Cc2ccccc2)C1(c1ccccc1)c1ccccc1. The van der Waals surface area contributed by atoms with Crippen molar-refractivity contribution in [1.82, 2.24) is 4.90 Å². The second-order valence-electron chi connectivity index (χ2n) is 7.25. The van der Waals surface area contributed by atoms with Gasteiger partial charge in [-0.1, -0.05) is 91.0 Å². The molecule has 2 heteroatoms. The van der Waals surface area contributed by atoms with Gasteiger partial charge < -0.3 is 0 Å². The lowest BCUT2D eigenvalue weighted by molar-refractivity contribution is 0.133. The molecule has 0 bridgehead atoms. The Balaban J connectivity index is 1.88. The standard InChI is InChI=1S/C25H24N2/c26-18-16-24-17-19-27(20-21-10-4-1-5-11-21)25(24,22-12-6-2-7-13-22)23-14-8-3-9-15-23/h1-15,24H,16-17,19-20H2. The highest BCUT2D eigenvalue weighted by molar-refractivity contribution is 5.41. The molecule has 134 valence electrons. The van der Waals surface area contributed by atoms with Crippen molar-refractivity contribution in [3.05, 3.63) is 108 Å². The maximum atomic E-state index is 9.56. The van der Waals surface area contributed by atoms with Gasteiger partial charge in [-0.15, -0.1) is 0 Å². The van der Waals surface area contributed by atoms with Crippen molar-refractivity contribution in [1.29, 1.82) is 5.26 Å². The zero-order valence-corrected chi connectivity index (χ0v) is 15.5. The van der Waals surface area contributed by atoms with E-state index in [1.807, 2.05) is 0 Å². The molecule has 1 unspecified atom stereocenters. The second-order valence-corrected chi connectivity index (χ2v) is 7.25. The van der Waals surface area contributed by atoms with Crippen molar-refractivity contribution in [2.75, 3.05) is 6.54 Å². The molecule has 3 aromatic rings. The van der Waals surface area contributed by atoms with Crippen LogP contribution in [0.2, 0.25) is 0 Å². The van der Waals surface area contributed by atoms with Crippen LogP contribution in [-0.4, -0.2) is 11.4 Å². The monoisotopic (exact) mass is 352 g/mol. The van der Waals surface area contributed by atoms with E-state index >= 15 is 0 Å². The summed E-state index contributed by atoms with van der Waals surface area (Å²) in [4.78, 5) is 2.58. The van der Waals surface area contributed by atoms with Crippen molar-refractivity contribution < 1.29 is 0 Å². The summed E-state index contributed by atoms with van der Waals surface area (Å²) in [5.41, 5.74) is 3.61. The van der Waals surface area contributed by atoms with Crippen molar-refractivity contribution in [3.8, 4) is 6.07 Å². The highest BCUT2D eigenvalue weighted by Crippen LogP contribution is 2.50. The van der Waals surface area contributed by atoms with Gasteiger partial charge in [0.05, 0.1) is 11.6 Å². The Labute approximate surface area is 161 Å². The van der Waals surface area contributed by atoms with Crippen molar-refractivity contribution in [2.24, 2.45) is 5.92 Å². The predicted molar refractivity (Wildman–Crippen MR) is 109 cm³/mol. The Morgan fingerprint density at radius 2 is 1.33 bits per heavy atom. The highest BCUT2D eigenvalue weighted by atomic mass is 15.2. The molecule has 0 saturated carbocycles. The topological polar surface area (TPSA) is 27.0 Å². The van der Waals surface area contributed by atoms with Crippen molar-refractivity contribution in [3.63, 3.8) is 0 Å². The lowest BCUT2D eigenvalue weighted by atomic mass is 9.72. The molecule has 0 aliphatic carbocycles. The van der Waals surface area contributed by atoms with E-state index in [9.17, 15) is 5.26 Å². The van der Waals surface area contributed by atoms with E-state index in [1.54, 1.807) is 0 Å². The number of nitriles is 1. The molecule has 1 fully saturated rings. The van der Waals surface area contributed by atoms with Crippen LogP contribution in [-0.2, 0) is 12.1 Å². The molecule has 0 aromatic heterocycles. The molecule has 0 amide bonds. The van der Waals surface area contributed by atoms with Gasteiger partial charge in [0.25, 0.3) is 0 Å². The quantitative estimate of drug-likeness (QED) is 0.617. The average Bonchev–Trinajstić information content (AvgIpc) is 3.09. The fourth-order valence-corrected chi connectivity index (χ4v) is 4.71. The fraction of sp³-hybridized carbons (Fsp3) is 0.240. The summed E-state index contributed by atoms with van der Waals surface area (Å²) in [5.74, 6) is 0.274. The molecule has 1 aliphatic heterocycles. The van der Waals surface area contributed by atoms with Gasteiger partial charge in [0, 0.05) is 19.5 Å². The van der Waals surface area contributed by atoms with Crippen LogP contribution in [0.5, 0.6) is 0 Å². The Kier molecular flexibility index (Phi) is 5.05. The van der Waals surface area contributed by atoms with E-state index < -0.39 is 0 Å². The van der Waals surface area contributed by atoms with Crippen LogP contribution in [0.15, 0.2) is 91.0 Å². The Bertz CT molecular complexity index is 858. The molecule has 1 aliphatic rings. The molecule has 4 rings (SSSR count). The Hall–Kier alpha value is -2.89. The minimum Gasteiger partial charge on any atom is -0.285 e. The normalized spacial score (nSPS) is 18.9. The van der Waals surface area contributed by atoms with Gasteiger partial charge >= 0.3 is 0 Å². The number of likely N-dealkylation sites (tertiary alicyclic amines) is 1. The highest BCUT2D eigenvalue weighted by Gasteiger charge is 2.50. The molecule has 0 N–H and O–H groups in total. The first-order valence-electron chi connectivity index (χ1n) is 9.62. The maximum absolute atomic E-state index is 9.56. The van der Waals surface area contributed by atoms with Gasteiger partial charge in [-0.3, -0.25) is 4.90 Å². The molecule has 2 nitrogen and oxygen atoms in total. The average molecular weight is 352 g/mol. The zero-order chi connectivity index (χ0) is 18.5. The number of nitrogens with zero attached hydrogens (tertiary/aromatic N) is 2. The molecular formula is C25H24N2. The summed E-state index contributed by atoms with van der Waals surface area (Å²) in [6.07, 6.45) is 1.60. The minimum atomic E-state index is -0.270. The first-order chi connectivity index (χ1) is 13.4. The van der Waals surface area contributed by atoms with Gasteiger partial charge in [-0.25, -0.2) is 0 Å². The van der Waals surface area contributed by atoms with E-state index in [4.69, 9.17) is 0 Å². The lowest BCUT2D eigenvalue weighted by Gasteiger charge is -2.43. The Morgan fingerprint density at radius 3 is 1.85 bits per heavy atom. The molecule has 3 aromatic carbocycles. The third kappa shape index (κ3) is 3.16. The Morgan fingerprint density at radius 1 is 0.815 bits per heavy atom. The molecule has 1 atom stereocenters. The van der Waals surface area contributed by atoms with E-state index in [1.165, 1.54) is 16.7 Å². The van der Waals surface area contributed by atoms with E-state index in [-0.39, 0.29) is 11.5 Å². The summed E-state index contributed by atoms with van der Waals surface area (Å²) < 4.78 is 0. The maximum Gasteiger partial charge on any atom is 0.0757 e. The third-order valence-corrected chi connectivity index (χ3v) is 5.82. The largest absolute Gasteiger partial charge is 0.285 e. The smallest absolute Gasteiger partial charge is 0.0757 e. The third-order valence-electron chi connectivity index (χ3n) is 5.82. The zero-order valence-electron chi connectivity index (χ0n) is 15.5. The summed E-state index contributed by atoms with van der Waals surface area (Å²) in [6, 6.07) is 34.6. The van der Waals surface area contributed by atoms with Crippen molar-refractivity contribution in [2.45, 2.75) is 24.9 Å². The van der Waals surface area contributed by atoms with Crippen molar-refractivity contribution >= 4 is 0 Å². The summed E-state index contributed by atoms with van der Waals surface area (Å²) in [6.45, 7) is 1.87. The van der Waals surface area contributed by atoms with Gasteiger partial charge in [0.2, 0.25) is 0 Å². The first-order valence-corrected chi connectivity index (χ1v) is 9.62. The molecule has 0 spiro atoms. The summed E-state index contributed by atoms with van der Waals surface area (Å²) in [5, 5.41) is 9.56. The van der Waals surface area contributed by atoms with Gasteiger partial charge in [0.1, 0.15) is 0 Å². The fourth-order valence-electron chi connectivity index (χ4n) is 4.71. The minimum absolute atomic E-state index is 0.270. The van der Waals surface area contributed by atoms with Crippen LogP contribution in [0, 0.1) is 17.2 Å².